The minimum Gasteiger partial charge on any atom is -0.322 e. The van der Waals surface area contributed by atoms with Crippen LogP contribution in [0.3, 0.4) is 0 Å². The first-order chi connectivity index (χ1) is 17.2. The van der Waals surface area contributed by atoms with Gasteiger partial charge in [-0.05, 0) is 76.4 Å². The molecular weight excluding hydrogens is 436 g/mol. The summed E-state index contributed by atoms with van der Waals surface area (Å²) in [5.41, 5.74) is 5.47. The zero-order valence-corrected chi connectivity index (χ0v) is 20.3. The third-order valence-electron chi connectivity index (χ3n) is 7.85. The number of hydrogen-bond donors (Lipinski definition) is 1. The third-order valence-corrected chi connectivity index (χ3v) is 7.85. The zero-order valence-electron chi connectivity index (χ0n) is 20.3. The van der Waals surface area contributed by atoms with Crippen LogP contribution in [0.25, 0.3) is 10.9 Å². The van der Waals surface area contributed by atoms with Gasteiger partial charge in [0.05, 0.1) is 6.04 Å². The molecule has 2 aromatic carbocycles. The van der Waals surface area contributed by atoms with Gasteiger partial charge in [0.25, 0.3) is 5.56 Å². The van der Waals surface area contributed by atoms with Crippen LogP contribution in [0.4, 0.5) is 0 Å². The summed E-state index contributed by atoms with van der Waals surface area (Å²) in [4.78, 5) is 19.1. The highest BCUT2D eigenvalue weighted by Gasteiger charge is 2.34. The summed E-state index contributed by atoms with van der Waals surface area (Å²) < 4.78 is 2.02. The number of aryl methyl sites for hydroxylation is 1. The normalized spacial score (nSPS) is 18.0. The van der Waals surface area contributed by atoms with E-state index in [0.29, 0.717) is 6.04 Å². The fourth-order valence-corrected chi connectivity index (χ4v) is 5.90. The van der Waals surface area contributed by atoms with Crippen LogP contribution >= 0.6 is 0 Å². The first-order valence-corrected chi connectivity index (χ1v) is 13.0. The Morgan fingerprint density at radius 2 is 1.89 bits per heavy atom. The Morgan fingerprint density at radius 1 is 1.06 bits per heavy atom. The Bertz CT molecular complexity index is 1400. The van der Waals surface area contributed by atoms with Crippen molar-refractivity contribution in [3.05, 3.63) is 87.0 Å². The molecule has 2 aliphatic rings. The van der Waals surface area contributed by atoms with Gasteiger partial charge in [0.15, 0.2) is 5.82 Å². The number of rotatable bonds is 5. The summed E-state index contributed by atoms with van der Waals surface area (Å²) in [6.07, 6.45) is 7.73. The van der Waals surface area contributed by atoms with Gasteiger partial charge in [0.1, 0.15) is 6.04 Å². The number of aromatic nitrogens is 5. The quantitative estimate of drug-likeness (QED) is 0.458. The topological polar surface area (TPSA) is 79.7 Å². The van der Waals surface area contributed by atoms with E-state index in [0.717, 1.165) is 61.1 Å². The van der Waals surface area contributed by atoms with Gasteiger partial charge in [-0.3, -0.25) is 9.69 Å². The molecule has 1 N–H and O–H groups in total. The predicted octanol–water partition coefficient (Wildman–Crippen LogP) is 4.73. The monoisotopic (exact) mass is 468 g/mol. The van der Waals surface area contributed by atoms with Crippen molar-refractivity contribution in [3.8, 4) is 0 Å². The van der Waals surface area contributed by atoms with Crippen LogP contribution in [0, 0.1) is 0 Å². The van der Waals surface area contributed by atoms with Crippen molar-refractivity contribution in [3.63, 3.8) is 0 Å². The van der Waals surface area contributed by atoms with Crippen molar-refractivity contribution in [2.24, 2.45) is 0 Å². The molecule has 35 heavy (non-hydrogen) atoms. The zero-order chi connectivity index (χ0) is 23.8. The van der Waals surface area contributed by atoms with E-state index in [2.05, 4.69) is 74.8 Å². The molecule has 1 fully saturated rings. The van der Waals surface area contributed by atoms with Crippen LogP contribution in [0.1, 0.15) is 79.2 Å². The van der Waals surface area contributed by atoms with E-state index in [-0.39, 0.29) is 11.6 Å². The molecule has 1 aliphatic carbocycles. The van der Waals surface area contributed by atoms with E-state index >= 15 is 0 Å². The SMILES string of the molecule is CCc1ccc2[nH]c(=O)c([C@@H](c3nnnn3C3CCCCC3)N3CCc4ccccc4C3)cc2c1. The lowest BCUT2D eigenvalue weighted by atomic mass is 9.94. The van der Waals surface area contributed by atoms with Gasteiger partial charge in [-0.25, -0.2) is 4.68 Å². The van der Waals surface area contributed by atoms with Crippen LogP contribution in [-0.4, -0.2) is 36.6 Å². The molecule has 0 unspecified atom stereocenters. The van der Waals surface area contributed by atoms with E-state index in [1.54, 1.807) is 0 Å². The Balaban J connectivity index is 1.49. The number of H-pyrrole nitrogens is 1. The molecule has 2 aromatic heterocycles. The van der Waals surface area contributed by atoms with Crippen LogP contribution in [-0.2, 0) is 19.4 Å². The fourth-order valence-electron chi connectivity index (χ4n) is 5.90. The number of benzene rings is 2. The largest absolute Gasteiger partial charge is 0.322 e. The number of fused-ring (bicyclic) bond motifs is 2. The third kappa shape index (κ3) is 4.18. The Hall–Kier alpha value is -3.32. The molecular formula is C28H32N6O. The average Bonchev–Trinajstić information content (AvgIpc) is 3.39. The van der Waals surface area contributed by atoms with Gasteiger partial charge in [0.2, 0.25) is 0 Å². The minimum atomic E-state index is -0.307. The van der Waals surface area contributed by atoms with Gasteiger partial charge >= 0.3 is 0 Å². The molecule has 7 heteroatoms. The average molecular weight is 469 g/mol. The fraction of sp³-hybridized carbons (Fsp3) is 0.429. The van der Waals surface area contributed by atoms with Crippen molar-refractivity contribution in [1.29, 1.82) is 0 Å². The van der Waals surface area contributed by atoms with Crippen molar-refractivity contribution in [2.45, 2.75) is 70.5 Å². The summed E-state index contributed by atoms with van der Waals surface area (Å²) in [5.74, 6) is 0.785. The molecule has 1 aliphatic heterocycles. The van der Waals surface area contributed by atoms with E-state index in [1.165, 1.54) is 36.0 Å². The van der Waals surface area contributed by atoms with Crippen LogP contribution in [0.2, 0.25) is 0 Å². The van der Waals surface area contributed by atoms with Crippen molar-refractivity contribution in [1.82, 2.24) is 30.1 Å². The first-order valence-electron chi connectivity index (χ1n) is 13.0. The lowest BCUT2D eigenvalue weighted by Crippen LogP contribution is -2.39. The van der Waals surface area contributed by atoms with Gasteiger partial charge in [0, 0.05) is 24.2 Å². The van der Waals surface area contributed by atoms with Gasteiger partial charge in [-0.15, -0.1) is 5.10 Å². The smallest absolute Gasteiger partial charge is 0.253 e. The standard InChI is InChI=1S/C28H32N6O/c1-2-19-12-13-25-22(16-19)17-24(28(35)29-25)26(33-15-14-20-8-6-7-9-21(20)18-33)27-30-31-32-34(27)23-10-4-3-5-11-23/h6-9,12-13,16-17,23,26H,2-5,10-11,14-15,18H2,1H3,(H,29,35)/t26-/m0/s1. The number of aromatic amines is 1. The lowest BCUT2D eigenvalue weighted by molar-refractivity contribution is 0.187. The second-order valence-electron chi connectivity index (χ2n) is 9.99. The molecule has 7 nitrogen and oxygen atoms in total. The molecule has 3 heterocycles. The number of hydrogen-bond acceptors (Lipinski definition) is 5. The highest BCUT2D eigenvalue weighted by atomic mass is 16.1. The van der Waals surface area contributed by atoms with Crippen LogP contribution in [0.5, 0.6) is 0 Å². The van der Waals surface area contributed by atoms with Gasteiger partial charge in [-0.1, -0.05) is 56.5 Å². The number of pyridine rings is 1. The van der Waals surface area contributed by atoms with E-state index in [9.17, 15) is 4.79 Å². The molecule has 4 aromatic rings. The van der Waals surface area contributed by atoms with Crippen LogP contribution < -0.4 is 5.56 Å². The maximum Gasteiger partial charge on any atom is 0.253 e. The molecule has 0 radical (unpaired) electrons. The molecule has 6 rings (SSSR count). The van der Waals surface area contributed by atoms with E-state index in [4.69, 9.17) is 0 Å². The molecule has 0 spiro atoms. The molecule has 180 valence electrons. The van der Waals surface area contributed by atoms with Crippen molar-refractivity contribution >= 4 is 10.9 Å². The van der Waals surface area contributed by atoms with E-state index < -0.39 is 0 Å². The summed E-state index contributed by atoms with van der Waals surface area (Å²) in [6, 6.07) is 16.9. The molecule has 0 bridgehead atoms. The van der Waals surface area contributed by atoms with E-state index in [1.807, 2.05) is 10.7 Å². The highest BCUT2D eigenvalue weighted by Crippen LogP contribution is 2.35. The van der Waals surface area contributed by atoms with Gasteiger partial charge in [-0.2, -0.15) is 0 Å². The lowest BCUT2D eigenvalue weighted by Gasteiger charge is -2.35. The first kappa shape index (κ1) is 22.2. The molecule has 1 saturated carbocycles. The molecule has 1 atom stereocenters. The summed E-state index contributed by atoms with van der Waals surface area (Å²) in [5, 5.41) is 14.2. The Labute approximate surface area is 205 Å². The maximum absolute atomic E-state index is 13.5. The molecule has 0 amide bonds. The molecule has 0 saturated heterocycles. The highest BCUT2D eigenvalue weighted by molar-refractivity contribution is 5.80. The number of nitrogens with zero attached hydrogens (tertiary/aromatic N) is 5. The summed E-state index contributed by atoms with van der Waals surface area (Å²) >= 11 is 0. The number of tetrazole rings is 1. The maximum atomic E-state index is 13.5. The Kier molecular flexibility index (Phi) is 5.94. The van der Waals surface area contributed by atoms with Crippen molar-refractivity contribution < 1.29 is 0 Å². The second kappa shape index (κ2) is 9.38. The second-order valence-corrected chi connectivity index (χ2v) is 9.99. The predicted molar refractivity (Wildman–Crippen MR) is 136 cm³/mol. The summed E-state index contributed by atoms with van der Waals surface area (Å²) in [7, 11) is 0. The Morgan fingerprint density at radius 3 is 2.71 bits per heavy atom. The summed E-state index contributed by atoms with van der Waals surface area (Å²) in [6.45, 7) is 3.77. The van der Waals surface area contributed by atoms with Gasteiger partial charge < -0.3 is 4.98 Å². The number of nitrogens with one attached hydrogen (secondary N) is 1. The minimum absolute atomic E-state index is 0.0659. The van der Waals surface area contributed by atoms with Crippen LogP contribution in [0.15, 0.2) is 53.3 Å². The van der Waals surface area contributed by atoms with Crippen molar-refractivity contribution in [2.75, 3.05) is 6.54 Å².